The highest BCUT2D eigenvalue weighted by molar-refractivity contribution is 5.98. The van der Waals surface area contributed by atoms with Crippen molar-refractivity contribution in [3.8, 4) is 17.2 Å². The normalized spacial score (nSPS) is 19.8. The van der Waals surface area contributed by atoms with Gasteiger partial charge in [-0.25, -0.2) is 0 Å². The first kappa shape index (κ1) is 18.4. The third kappa shape index (κ3) is 3.73. The Morgan fingerprint density at radius 3 is 2.46 bits per heavy atom. The predicted octanol–water partition coefficient (Wildman–Crippen LogP) is 1.21. The van der Waals surface area contributed by atoms with Crippen molar-refractivity contribution in [2.24, 2.45) is 0 Å². The van der Waals surface area contributed by atoms with Gasteiger partial charge in [0, 0.05) is 13.7 Å². The molecule has 1 unspecified atom stereocenters. The van der Waals surface area contributed by atoms with E-state index < -0.39 is 0 Å². The first-order chi connectivity index (χ1) is 11.6. The zero-order valence-electron chi connectivity index (χ0n) is 14.7. The molecule has 24 heavy (non-hydrogen) atoms. The van der Waals surface area contributed by atoms with Gasteiger partial charge in [-0.1, -0.05) is 0 Å². The topological polar surface area (TPSA) is 78.1 Å². The minimum atomic E-state index is -0.225. The molecule has 1 fully saturated rings. The fourth-order valence-corrected chi connectivity index (χ4v) is 3.09. The highest BCUT2D eigenvalue weighted by Gasteiger charge is 2.34. The Morgan fingerprint density at radius 1 is 1.17 bits per heavy atom. The average Bonchev–Trinajstić information content (AvgIpc) is 3.07. The molecular weight excluding hydrogens is 312 g/mol. The molecule has 1 heterocycles. The van der Waals surface area contributed by atoms with Crippen molar-refractivity contribution in [2.75, 3.05) is 48.1 Å². The van der Waals surface area contributed by atoms with E-state index in [1.165, 1.54) is 21.3 Å². The van der Waals surface area contributed by atoms with Crippen molar-refractivity contribution in [1.82, 2.24) is 10.6 Å². The minimum absolute atomic E-state index is 0.214. The van der Waals surface area contributed by atoms with E-state index in [0.717, 1.165) is 19.4 Å². The third-order valence-corrected chi connectivity index (χ3v) is 4.29. The summed E-state index contributed by atoms with van der Waals surface area (Å²) in [5, 5.41) is 6.40. The number of benzene rings is 1. The Kier molecular flexibility index (Phi) is 6.28. The molecule has 1 aliphatic heterocycles. The van der Waals surface area contributed by atoms with Crippen molar-refractivity contribution >= 4 is 5.91 Å². The molecule has 1 amide bonds. The molecule has 2 rings (SSSR count). The van der Waals surface area contributed by atoms with E-state index in [9.17, 15) is 4.79 Å². The van der Waals surface area contributed by atoms with Crippen LogP contribution in [-0.2, 0) is 4.74 Å². The third-order valence-electron chi connectivity index (χ3n) is 4.29. The molecule has 7 heteroatoms. The van der Waals surface area contributed by atoms with Gasteiger partial charge in [-0.2, -0.15) is 0 Å². The summed E-state index contributed by atoms with van der Waals surface area (Å²) in [5.41, 5.74) is 0.189. The van der Waals surface area contributed by atoms with Gasteiger partial charge in [-0.15, -0.1) is 0 Å². The molecule has 0 bridgehead atoms. The molecule has 0 spiro atoms. The quantitative estimate of drug-likeness (QED) is 0.742. The van der Waals surface area contributed by atoms with Gasteiger partial charge >= 0.3 is 0 Å². The highest BCUT2D eigenvalue weighted by atomic mass is 16.5. The molecule has 1 saturated heterocycles. The number of hydrogen-bond acceptors (Lipinski definition) is 6. The highest BCUT2D eigenvalue weighted by Crippen LogP contribution is 2.39. The number of ether oxygens (including phenoxy) is 4. The van der Waals surface area contributed by atoms with Crippen LogP contribution in [0.5, 0.6) is 17.2 Å². The molecule has 1 aromatic carbocycles. The van der Waals surface area contributed by atoms with Crippen LogP contribution in [0.25, 0.3) is 0 Å². The zero-order chi connectivity index (χ0) is 17.6. The van der Waals surface area contributed by atoms with Crippen LogP contribution in [0, 0.1) is 0 Å². The van der Waals surface area contributed by atoms with Crippen molar-refractivity contribution in [2.45, 2.75) is 18.4 Å². The van der Waals surface area contributed by atoms with E-state index in [4.69, 9.17) is 18.9 Å². The number of nitrogens with one attached hydrogen (secondary N) is 2. The molecule has 7 nitrogen and oxygen atoms in total. The number of hydrogen-bond donors (Lipinski definition) is 2. The number of carbonyl (C=O) groups excluding carboxylic acids is 1. The summed E-state index contributed by atoms with van der Waals surface area (Å²) in [4.78, 5) is 12.6. The van der Waals surface area contributed by atoms with Crippen LogP contribution in [0.1, 0.15) is 23.2 Å². The van der Waals surface area contributed by atoms with E-state index in [0.29, 0.717) is 36.0 Å². The van der Waals surface area contributed by atoms with Crippen molar-refractivity contribution in [1.29, 1.82) is 0 Å². The van der Waals surface area contributed by atoms with E-state index in [1.807, 2.05) is 0 Å². The Balaban J connectivity index is 2.17. The maximum absolute atomic E-state index is 12.6. The van der Waals surface area contributed by atoms with Crippen LogP contribution in [0.4, 0.5) is 0 Å². The standard InChI is InChI=1S/C17H26N2O5/c1-21-11-17(8-5-9-19-17)10-18-16(20)12-6-7-13(22-2)15(24-4)14(12)23-3/h6-7,19H,5,8-11H2,1-4H3,(H,18,20). The lowest BCUT2D eigenvalue weighted by Gasteiger charge is -2.29. The fraction of sp³-hybridized carbons (Fsp3) is 0.588. The number of methoxy groups -OCH3 is 4. The van der Waals surface area contributed by atoms with Gasteiger partial charge in [0.1, 0.15) is 0 Å². The lowest BCUT2D eigenvalue weighted by Crippen LogP contribution is -2.53. The molecule has 2 N–H and O–H groups in total. The number of rotatable bonds is 8. The smallest absolute Gasteiger partial charge is 0.255 e. The molecule has 0 radical (unpaired) electrons. The van der Waals surface area contributed by atoms with Gasteiger partial charge < -0.3 is 29.6 Å². The van der Waals surface area contributed by atoms with Gasteiger partial charge in [0.25, 0.3) is 5.91 Å². The van der Waals surface area contributed by atoms with Crippen LogP contribution >= 0.6 is 0 Å². The summed E-state index contributed by atoms with van der Waals surface area (Å²) >= 11 is 0. The second kappa shape index (κ2) is 8.21. The van der Waals surface area contributed by atoms with Gasteiger partial charge in [-0.05, 0) is 31.5 Å². The molecule has 134 valence electrons. The first-order valence-electron chi connectivity index (χ1n) is 7.92. The van der Waals surface area contributed by atoms with Gasteiger partial charge in [0.2, 0.25) is 5.75 Å². The lowest BCUT2D eigenvalue weighted by atomic mass is 9.98. The van der Waals surface area contributed by atoms with Crippen molar-refractivity contribution in [3.05, 3.63) is 17.7 Å². The molecule has 0 saturated carbocycles. The largest absolute Gasteiger partial charge is 0.493 e. The second-order valence-corrected chi connectivity index (χ2v) is 5.81. The minimum Gasteiger partial charge on any atom is -0.493 e. The van der Waals surface area contributed by atoms with E-state index in [-0.39, 0.29) is 11.4 Å². The molecular formula is C17H26N2O5. The number of carbonyl (C=O) groups is 1. The van der Waals surface area contributed by atoms with Gasteiger partial charge in [0.05, 0.1) is 39.0 Å². The molecule has 1 aliphatic rings. The molecule has 1 atom stereocenters. The lowest BCUT2D eigenvalue weighted by molar-refractivity contribution is 0.0889. The maximum atomic E-state index is 12.6. The van der Waals surface area contributed by atoms with Crippen molar-refractivity contribution < 1.29 is 23.7 Å². The summed E-state index contributed by atoms with van der Waals surface area (Å²) < 4.78 is 21.2. The Hall–Kier alpha value is -1.99. The second-order valence-electron chi connectivity index (χ2n) is 5.81. The van der Waals surface area contributed by atoms with Gasteiger partial charge in [0.15, 0.2) is 11.5 Å². The van der Waals surface area contributed by atoms with E-state index >= 15 is 0 Å². The molecule has 1 aromatic rings. The summed E-state index contributed by atoms with van der Waals surface area (Å²) in [5.74, 6) is 1.05. The van der Waals surface area contributed by atoms with Crippen LogP contribution in [-0.4, -0.2) is 59.6 Å². The van der Waals surface area contributed by atoms with Crippen LogP contribution in [0.3, 0.4) is 0 Å². The Labute approximate surface area is 142 Å². The van der Waals surface area contributed by atoms with Crippen LogP contribution in [0.15, 0.2) is 12.1 Å². The summed E-state index contributed by atoms with van der Waals surface area (Å²) in [6.07, 6.45) is 2.03. The summed E-state index contributed by atoms with van der Waals surface area (Å²) in [7, 11) is 6.22. The van der Waals surface area contributed by atoms with E-state index in [1.54, 1.807) is 19.2 Å². The summed E-state index contributed by atoms with van der Waals surface area (Å²) in [6.45, 7) is 1.96. The van der Waals surface area contributed by atoms with Crippen LogP contribution < -0.4 is 24.8 Å². The zero-order valence-corrected chi connectivity index (χ0v) is 14.7. The fourth-order valence-electron chi connectivity index (χ4n) is 3.09. The number of amides is 1. The first-order valence-corrected chi connectivity index (χ1v) is 7.92. The van der Waals surface area contributed by atoms with E-state index in [2.05, 4.69) is 10.6 Å². The molecule has 0 aromatic heterocycles. The van der Waals surface area contributed by atoms with Crippen molar-refractivity contribution in [3.63, 3.8) is 0 Å². The SMILES string of the molecule is COCC1(CNC(=O)c2ccc(OC)c(OC)c2OC)CCCN1. The monoisotopic (exact) mass is 338 g/mol. The maximum Gasteiger partial charge on any atom is 0.255 e. The predicted molar refractivity (Wildman–Crippen MR) is 90.3 cm³/mol. The average molecular weight is 338 g/mol. The Bertz CT molecular complexity index is 570. The van der Waals surface area contributed by atoms with Crippen LogP contribution in [0.2, 0.25) is 0 Å². The summed E-state index contributed by atoms with van der Waals surface area (Å²) in [6, 6.07) is 3.36. The molecule has 0 aliphatic carbocycles. The Morgan fingerprint density at radius 2 is 1.92 bits per heavy atom. The van der Waals surface area contributed by atoms with Gasteiger partial charge in [-0.3, -0.25) is 4.79 Å².